The molecular formula is C13H11ClN4OS. The molecule has 0 unspecified atom stereocenters. The summed E-state index contributed by atoms with van der Waals surface area (Å²) >= 11 is 7.38. The average Bonchev–Trinajstić information content (AvgIpc) is 2.90. The van der Waals surface area contributed by atoms with Crippen LogP contribution in [0.2, 0.25) is 5.02 Å². The van der Waals surface area contributed by atoms with Crippen LogP contribution >= 0.6 is 23.3 Å². The molecule has 0 saturated heterocycles. The fourth-order valence-electron chi connectivity index (χ4n) is 1.90. The Balaban J connectivity index is 2.07. The molecule has 0 atom stereocenters. The van der Waals surface area contributed by atoms with E-state index < -0.39 is 0 Å². The maximum Gasteiger partial charge on any atom is 0.129 e. The van der Waals surface area contributed by atoms with Crippen molar-refractivity contribution in [3.63, 3.8) is 0 Å². The van der Waals surface area contributed by atoms with Crippen molar-refractivity contribution >= 4 is 51.4 Å². The lowest BCUT2D eigenvalue weighted by Crippen LogP contribution is -1.96. The second-order valence-corrected chi connectivity index (χ2v) is 5.11. The third-order valence-electron chi connectivity index (χ3n) is 2.81. The van der Waals surface area contributed by atoms with E-state index >= 15 is 0 Å². The molecule has 0 aliphatic heterocycles. The van der Waals surface area contributed by atoms with Crippen LogP contribution in [0.25, 0.3) is 11.0 Å². The van der Waals surface area contributed by atoms with E-state index in [4.69, 9.17) is 22.1 Å². The van der Waals surface area contributed by atoms with Crippen molar-refractivity contribution in [1.82, 2.24) is 8.75 Å². The quantitative estimate of drug-likeness (QED) is 0.722. The van der Waals surface area contributed by atoms with E-state index in [-0.39, 0.29) is 0 Å². The molecule has 5 nitrogen and oxygen atoms in total. The first kappa shape index (κ1) is 13.0. The van der Waals surface area contributed by atoms with Crippen LogP contribution < -0.4 is 15.8 Å². The number of nitrogens with one attached hydrogen (secondary N) is 1. The Morgan fingerprint density at radius 2 is 2.10 bits per heavy atom. The second-order valence-electron chi connectivity index (χ2n) is 4.17. The molecule has 2 aromatic carbocycles. The first-order chi connectivity index (χ1) is 9.67. The third kappa shape index (κ3) is 2.35. The average molecular weight is 307 g/mol. The first-order valence-corrected chi connectivity index (χ1v) is 6.90. The zero-order valence-corrected chi connectivity index (χ0v) is 12.1. The largest absolute Gasteiger partial charge is 0.497 e. The predicted molar refractivity (Wildman–Crippen MR) is 83.1 cm³/mol. The molecule has 0 aliphatic rings. The van der Waals surface area contributed by atoms with Crippen LogP contribution in [0, 0.1) is 0 Å². The first-order valence-electron chi connectivity index (χ1n) is 5.80. The Labute approximate surface area is 124 Å². The molecule has 0 bridgehead atoms. The number of methoxy groups -OCH3 is 1. The molecule has 1 aromatic heterocycles. The Kier molecular flexibility index (Phi) is 3.33. The van der Waals surface area contributed by atoms with Crippen molar-refractivity contribution in [3.05, 3.63) is 35.4 Å². The number of benzene rings is 2. The van der Waals surface area contributed by atoms with Gasteiger partial charge in [-0.3, -0.25) is 0 Å². The van der Waals surface area contributed by atoms with Gasteiger partial charge in [0.15, 0.2) is 0 Å². The number of fused-ring (bicyclic) bond motifs is 1. The van der Waals surface area contributed by atoms with Gasteiger partial charge in [0.2, 0.25) is 0 Å². The number of nitrogens with zero attached hydrogens (tertiary/aromatic N) is 2. The molecule has 3 aromatic rings. The normalized spacial score (nSPS) is 10.7. The Hall–Kier alpha value is -2.05. The van der Waals surface area contributed by atoms with Gasteiger partial charge in [0.1, 0.15) is 16.8 Å². The van der Waals surface area contributed by atoms with Crippen molar-refractivity contribution in [2.45, 2.75) is 0 Å². The van der Waals surface area contributed by atoms with Gasteiger partial charge in [-0.1, -0.05) is 11.6 Å². The van der Waals surface area contributed by atoms with Crippen LogP contribution in [-0.4, -0.2) is 15.9 Å². The monoisotopic (exact) mass is 306 g/mol. The van der Waals surface area contributed by atoms with Crippen LogP contribution in [0.3, 0.4) is 0 Å². The molecule has 20 heavy (non-hydrogen) atoms. The summed E-state index contributed by atoms with van der Waals surface area (Å²) in [7, 11) is 1.59. The van der Waals surface area contributed by atoms with Gasteiger partial charge in [0, 0.05) is 23.5 Å². The van der Waals surface area contributed by atoms with Gasteiger partial charge in [-0.15, -0.1) is 0 Å². The Bertz CT molecular complexity index is 774. The highest BCUT2D eigenvalue weighted by atomic mass is 35.5. The van der Waals surface area contributed by atoms with Gasteiger partial charge in [0.05, 0.1) is 29.5 Å². The second kappa shape index (κ2) is 5.15. The lowest BCUT2D eigenvalue weighted by Gasteiger charge is -2.11. The topological polar surface area (TPSA) is 73.1 Å². The van der Waals surface area contributed by atoms with E-state index in [1.54, 1.807) is 25.3 Å². The highest BCUT2D eigenvalue weighted by Gasteiger charge is 2.11. The number of nitrogen functional groups attached to an aromatic ring is 1. The van der Waals surface area contributed by atoms with Gasteiger partial charge < -0.3 is 15.8 Å². The molecule has 0 aliphatic carbocycles. The number of ether oxygens (including phenoxy) is 1. The van der Waals surface area contributed by atoms with Crippen LogP contribution in [-0.2, 0) is 0 Å². The summed E-state index contributed by atoms with van der Waals surface area (Å²) in [5.41, 5.74) is 9.48. The maximum absolute atomic E-state index is 6.24. The number of halogens is 1. The molecule has 0 radical (unpaired) electrons. The van der Waals surface area contributed by atoms with Gasteiger partial charge in [-0.25, -0.2) is 0 Å². The van der Waals surface area contributed by atoms with Crippen LogP contribution in [0.1, 0.15) is 0 Å². The highest BCUT2D eigenvalue weighted by Crippen LogP contribution is 2.34. The van der Waals surface area contributed by atoms with E-state index in [9.17, 15) is 0 Å². The minimum atomic E-state index is 0.576. The van der Waals surface area contributed by atoms with Crippen molar-refractivity contribution in [2.75, 3.05) is 18.2 Å². The fraction of sp³-hybridized carbons (Fsp3) is 0.0769. The third-order valence-corrected chi connectivity index (χ3v) is 3.67. The van der Waals surface area contributed by atoms with Gasteiger partial charge in [0.25, 0.3) is 0 Å². The molecule has 0 amide bonds. The molecule has 102 valence electrons. The summed E-state index contributed by atoms with van der Waals surface area (Å²) in [5, 5.41) is 3.80. The summed E-state index contributed by atoms with van der Waals surface area (Å²) in [4.78, 5) is 0. The number of hydrogen-bond acceptors (Lipinski definition) is 6. The molecule has 0 fully saturated rings. The summed E-state index contributed by atoms with van der Waals surface area (Å²) in [5.74, 6) is 0.673. The summed E-state index contributed by atoms with van der Waals surface area (Å²) in [6, 6.07) is 9.02. The van der Waals surface area contributed by atoms with E-state index in [0.29, 0.717) is 22.1 Å². The van der Waals surface area contributed by atoms with Crippen LogP contribution in [0.15, 0.2) is 30.3 Å². The predicted octanol–water partition coefficient (Wildman–Crippen LogP) is 3.68. The van der Waals surface area contributed by atoms with Crippen LogP contribution in [0.4, 0.5) is 17.1 Å². The van der Waals surface area contributed by atoms with Crippen molar-refractivity contribution in [2.24, 2.45) is 0 Å². The molecule has 7 heteroatoms. The minimum Gasteiger partial charge on any atom is -0.497 e. The van der Waals surface area contributed by atoms with Gasteiger partial charge in [-0.2, -0.15) is 8.75 Å². The minimum absolute atomic E-state index is 0.576. The highest BCUT2D eigenvalue weighted by molar-refractivity contribution is 7.00. The fourth-order valence-corrected chi connectivity index (χ4v) is 2.64. The molecule has 0 saturated carbocycles. The molecule has 3 N–H and O–H groups in total. The van der Waals surface area contributed by atoms with Crippen molar-refractivity contribution in [1.29, 1.82) is 0 Å². The SMILES string of the molecule is COc1cc(N)cc(Nc2c(Cl)ccc3nsnc23)c1. The summed E-state index contributed by atoms with van der Waals surface area (Å²) in [6.45, 7) is 0. The number of aromatic nitrogens is 2. The van der Waals surface area contributed by atoms with E-state index in [1.807, 2.05) is 12.1 Å². The standard InChI is InChI=1S/C13H11ClN4OS/c1-19-9-5-7(15)4-8(6-9)16-12-10(14)2-3-11-13(12)18-20-17-11/h2-6,16H,15H2,1H3. The Morgan fingerprint density at radius 1 is 1.25 bits per heavy atom. The summed E-state index contributed by atoms with van der Waals surface area (Å²) in [6.07, 6.45) is 0. The molecule has 0 spiro atoms. The number of hydrogen-bond donors (Lipinski definition) is 2. The maximum atomic E-state index is 6.24. The van der Waals surface area contributed by atoms with E-state index in [2.05, 4.69) is 14.1 Å². The zero-order valence-electron chi connectivity index (χ0n) is 10.6. The lowest BCUT2D eigenvalue weighted by atomic mass is 10.2. The Morgan fingerprint density at radius 3 is 2.90 bits per heavy atom. The van der Waals surface area contributed by atoms with Crippen molar-refractivity contribution in [3.8, 4) is 5.75 Å². The van der Waals surface area contributed by atoms with Crippen molar-refractivity contribution < 1.29 is 4.74 Å². The number of anilines is 3. The van der Waals surface area contributed by atoms with E-state index in [0.717, 1.165) is 28.4 Å². The molecule has 3 rings (SSSR count). The lowest BCUT2D eigenvalue weighted by molar-refractivity contribution is 0.415. The van der Waals surface area contributed by atoms with Gasteiger partial charge in [-0.05, 0) is 18.2 Å². The molecular weight excluding hydrogens is 296 g/mol. The van der Waals surface area contributed by atoms with Gasteiger partial charge >= 0.3 is 0 Å². The summed E-state index contributed by atoms with van der Waals surface area (Å²) < 4.78 is 13.7. The smallest absolute Gasteiger partial charge is 0.129 e. The van der Waals surface area contributed by atoms with E-state index in [1.165, 1.54) is 0 Å². The van der Waals surface area contributed by atoms with Crippen LogP contribution in [0.5, 0.6) is 5.75 Å². The number of rotatable bonds is 3. The molecule has 1 heterocycles. The number of nitrogens with two attached hydrogens (primary N) is 1. The zero-order chi connectivity index (χ0) is 14.1.